The van der Waals surface area contributed by atoms with E-state index in [0.29, 0.717) is 16.4 Å². The van der Waals surface area contributed by atoms with Crippen molar-refractivity contribution >= 4 is 44.9 Å². The summed E-state index contributed by atoms with van der Waals surface area (Å²) in [7, 11) is 0. The van der Waals surface area contributed by atoms with Crippen molar-refractivity contribution in [1.29, 1.82) is 0 Å². The van der Waals surface area contributed by atoms with E-state index in [-0.39, 0.29) is 12.5 Å². The Balaban J connectivity index is 1.60. The predicted molar refractivity (Wildman–Crippen MR) is 102 cm³/mol. The number of primary amides is 1. The highest BCUT2D eigenvalue weighted by atomic mass is 32.1. The molecule has 0 atom stereocenters. The van der Waals surface area contributed by atoms with E-state index in [1.54, 1.807) is 4.68 Å². The highest BCUT2D eigenvalue weighted by molar-refractivity contribution is 7.17. The quantitative estimate of drug-likeness (QED) is 0.654. The monoisotopic (exact) mass is 369 g/mol. The first kappa shape index (κ1) is 16.6. The van der Waals surface area contributed by atoms with Gasteiger partial charge in [0.15, 0.2) is 5.82 Å². The summed E-state index contributed by atoms with van der Waals surface area (Å²) in [6.07, 6.45) is 3.89. The molecular formula is C18H19N5O2S. The number of nitrogens with zero attached hydrogens (tertiary/aromatic N) is 2. The second kappa shape index (κ2) is 6.45. The van der Waals surface area contributed by atoms with Gasteiger partial charge in [0.25, 0.3) is 5.91 Å². The van der Waals surface area contributed by atoms with Gasteiger partial charge in [-0.05, 0) is 43.4 Å². The van der Waals surface area contributed by atoms with E-state index >= 15 is 0 Å². The number of para-hydroxylation sites is 1. The highest BCUT2D eigenvalue weighted by Gasteiger charge is 2.25. The van der Waals surface area contributed by atoms with Crippen LogP contribution in [0.5, 0.6) is 0 Å². The van der Waals surface area contributed by atoms with Gasteiger partial charge in [-0.1, -0.05) is 12.1 Å². The van der Waals surface area contributed by atoms with Crippen LogP contribution >= 0.6 is 11.3 Å². The lowest BCUT2D eigenvalue weighted by molar-refractivity contribution is -0.116. The van der Waals surface area contributed by atoms with Gasteiger partial charge in [-0.15, -0.1) is 11.3 Å². The van der Waals surface area contributed by atoms with Crippen LogP contribution in [0.15, 0.2) is 24.3 Å². The Morgan fingerprint density at radius 2 is 2.00 bits per heavy atom. The first-order chi connectivity index (χ1) is 12.5. The molecule has 5 N–H and O–H groups in total. The maximum absolute atomic E-state index is 12.6. The first-order valence-corrected chi connectivity index (χ1v) is 9.31. The SMILES string of the molecule is NC(=O)c1c(NC(=O)Cn2nc(N)c3ccccc32)sc2c1CCCC2. The minimum absolute atomic E-state index is 0.0124. The van der Waals surface area contributed by atoms with Gasteiger partial charge in [-0.3, -0.25) is 14.3 Å². The van der Waals surface area contributed by atoms with E-state index in [0.717, 1.165) is 47.0 Å². The number of aryl methyl sites for hydroxylation is 1. The summed E-state index contributed by atoms with van der Waals surface area (Å²) in [6, 6.07) is 7.48. The van der Waals surface area contributed by atoms with E-state index in [4.69, 9.17) is 11.5 Å². The maximum Gasteiger partial charge on any atom is 0.251 e. The van der Waals surface area contributed by atoms with Gasteiger partial charge in [0.2, 0.25) is 5.91 Å². The number of hydrogen-bond donors (Lipinski definition) is 3. The van der Waals surface area contributed by atoms with Crippen LogP contribution in [0.25, 0.3) is 10.9 Å². The number of fused-ring (bicyclic) bond motifs is 2. The summed E-state index contributed by atoms with van der Waals surface area (Å²) < 4.78 is 1.57. The number of rotatable bonds is 4. The van der Waals surface area contributed by atoms with Gasteiger partial charge in [0.1, 0.15) is 11.5 Å². The van der Waals surface area contributed by atoms with Crippen molar-refractivity contribution in [2.45, 2.75) is 32.2 Å². The Kier molecular flexibility index (Phi) is 4.12. The average Bonchev–Trinajstić information content (AvgIpc) is 3.13. The molecule has 1 aromatic carbocycles. The van der Waals surface area contributed by atoms with Crippen LogP contribution in [0, 0.1) is 0 Å². The minimum atomic E-state index is -0.492. The van der Waals surface area contributed by atoms with Gasteiger partial charge in [0.05, 0.1) is 11.1 Å². The highest BCUT2D eigenvalue weighted by Crippen LogP contribution is 2.37. The van der Waals surface area contributed by atoms with E-state index in [2.05, 4.69) is 10.4 Å². The van der Waals surface area contributed by atoms with Gasteiger partial charge >= 0.3 is 0 Å². The Bertz CT molecular complexity index is 1020. The lowest BCUT2D eigenvalue weighted by Crippen LogP contribution is -2.22. The Labute approximate surface area is 154 Å². The van der Waals surface area contributed by atoms with E-state index in [1.807, 2.05) is 24.3 Å². The third kappa shape index (κ3) is 2.82. The zero-order chi connectivity index (χ0) is 18.3. The molecule has 8 heteroatoms. The smallest absolute Gasteiger partial charge is 0.251 e. The fourth-order valence-electron chi connectivity index (χ4n) is 3.49. The van der Waals surface area contributed by atoms with Crippen molar-refractivity contribution in [2.24, 2.45) is 5.73 Å². The lowest BCUT2D eigenvalue weighted by atomic mass is 9.95. The molecule has 2 heterocycles. The molecule has 26 heavy (non-hydrogen) atoms. The molecule has 134 valence electrons. The second-order valence-corrected chi connectivity index (χ2v) is 7.49. The molecule has 0 saturated heterocycles. The van der Waals surface area contributed by atoms with E-state index < -0.39 is 5.91 Å². The topological polar surface area (TPSA) is 116 Å². The summed E-state index contributed by atoms with van der Waals surface area (Å²) in [4.78, 5) is 25.6. The molecular weight excluding hydrogens is 350 g/mol. The molecule has 0 aliphatic heterocycles. The fraction of sp³-hybridized carbons (Fsp3) is 0.278. The van der Waals surface area contributed by atoms with Crippen molar-refractivity contribution in [1.82, 2.24) is 9.78 Å². The Hall–Kier alpha value is -2.87. The zero-order valence-corrected chi connectivity index (χ0v) is 14.9. The van der Waals surface area contributed by atoms with E-state index in [9.17, 15) is 9.59 Å². The van der Waals surface area contributed by atoms with Crippen LogP contribution in [0.4, 0.5) is 10.8 Å². The summed E-state index contributed by atoms with van der Waals surface area (Å²) in [5, 5.41) is 8.44. The normalized spacial score (nSPS) is 13.5. The Morgan fingerprint density at radius 3 is 2.81 bits per heavy atom. The third-order valence-corrected chi connectivity index (χ3v) is 5.86. The van der Waals surface area contributed by atoms with Crippen molar-refractivity contribution in [2.75, 3.05) is 11.1 Å². The number of amides is 2. The number of nitrogens with one attached hydrogen (secondary N) is 1. The number of carbonyl (C=O) groups is 2. The zero-order valence-electron chi connectivity index (χ0n) is 14.1. The lowest BCUT2D eigenvalue weighted by Gasteiger charge is -2.11. The average molecular weight is 369 g/mol. The summed E-state index contributed by atoms with van der Waals surface area (Å²) in [5.41, 5.74) is 13.7. The number of carbonyl (C=O) groups excluding carboxylic acids is 2. The van der Waals surface area contributed by atoms with Crippen molar-refractivity contribution in [3.8, 4) is 0 Å². The Morgan fingerprint density at radius 1 is 1.23 bits per heavy atom. The standard InChI is InChI=1S/C18H19N5O2S/c19-16-10-5-1-3-7-12(10)23(22-16)9-14(24)21-18-15(17(20)25)11-6-2-4-8-13(11)26-18/h1,3,5,7H,2,4,6,8-9H2,(H2,19,22)(H2,20,25)(H,21,24). The van der Waals surface area contributed by atoms with Crippen LogP contribution in [-0.4, -0.2) is 21.6 Å². The van der Waals surface area contributed by atoms with Crippen LogP contribution in [-0.2, 0) is 24.2 Å². The van der Waals surface area contributed by atoms with Crippen LogP contribution < -0.4 is 16.8 Å². The molecule has 2 aromatic heterocycles. The molecule has 4 rings (SSSR count). The molecule has 1 aliphatic rings. The molecule has 1 aliphatic carbocycles. The van der Waals surface area contributed by atoms with Crippen molar-refractivity contribution in [3.63, 3.8) is 0 Å². The number of benzene rings is 1. The van der Waals surface area contributed by atoms with E-state index in [1.165, 1.54) is 11.3 Å². The van der Waals surface area contributed by atoms with Crippen LogP contribution in [0.2, 0.25) is 0 Å². The number of nitrogen functional groups attached to an aromatic ring is 1. The fourth-order valence-corrected chi connectivity index (χ4v) is 4.80. The number of aromatic nitrogens is 2. The molecule has 0 bridgehead atoms. The number of nitrogens with two attached hydrogens (primary N) is 2. The summed E-state index contributed by atoms with van der Waals surface area (Å²) in [5.74, 6) is -0.370. The van der Waals surface area contributed by atoms with Gasteiger partial charge < -0.3 is 16.8 Å². The predicted octanol–water partition coefficient (Wildman–Crippen LogP) is 2.30. The third-order valence-electron chi connectivity index (χ3n) is 4.65. The molecule has 3 aromatic rings. The molecule has 0 fully saturated rings. The molecule has 2 amide bonds. The maximum atomic E-state index is 12.6. The summed E-state index contributed by atoms with van der Waals surface area (Å²) in [6.45, 7) is 0.0124. The second-order valence-electron chi connectivity index (χ2n) is 6.39. The minimum Gasteiger partial charge on any atom is -0.382 e. The van der Waals surface area contributed by atoms with Gasteiger partial charge in [-0.2, -0.15) is 5.10 Å². The molecule has 0 spiro atoms. The first-order valence-electron chi connectivity index (χ1n) is 8.50. The number of hydrogen-bond acceptors (Lipinski definition) is 5. The van der Waals surface area contributed by atoms with Crippen LogP contribution in [0.3, 0.4) is 0 Å². The van der Waals surface area contributed by atoms with Gasteiger partial charge in [-0.25, -0.2) is 0 Å². The molecule has 0 unspecified atom stereocenters. The molecule has 0 saturated carbocycles. The van der Waals surface area contributed by atoms with Crippen molar-refractivity contribution < 1.29 is 9.59 Å². The molecule has 0 radical (unpaired) electrons. The number of anilines is 2. The summed E-state index contributed by atoms with van der Waals surface area (Å²) >= 11 is 1.45. The number of thiophene rings is 1. The van der Waals surface area contributed by atoms with Crippen LogP contribution in [0.1, 0.15) is 33.6 Å². The largest absolute Gasteiger partial charge is 0.382 e. The van der Waals surface area contributed by atoms with Crippen molar-refractivity contribution in [3.05, 3.63) is 40.3 Å². The van der Waals surface area contributed by atoms with Gasteiger partial charge in [0, 0.05) is 10.3 Å². The molecule has 7 nitrogen and oxygen atoms in total.